The van der Waals surface area contributed by atoms with E-state index in [1.165, 1.54) is 21.9 Å². The Balaban J connectivity index is 2.27. The first-order valence-corrected chi connectivity index (χ1v) is 9.39. The van der Waals surface area contributed by atoms with Crippen LogP contribution >= 0.6 is 0 Å². The highest BCUT2D eigenvalue weighted by Crippen LogP contribution is 2.25. The van der Waals surface area contributed by atoms with Crippen molar-refractivity contribution in [2.45, 2.75) is 39.3 Å². The summed E-state index contributed by atoms with van der Waals surface area (Å²) in [6.45, 7) is 11.4. The number of hydrogen-bond acceptors (Lipinski definition) is 0. The van der Waals surface area contributed by atoms with E-state index < -0.39 is 0 Å². The van der Waals surface area contributed by atoms with Gasteiger partial charge in [0.25, 0.3) is 0 Å². The fourth-order valence-electron chi connectivity index (χ4n) is 2.16. The monoisotopic (exact) mass is 267 g/mol. The van der Waals surface area contributed by atoms with Crippen LogP contribution in [0.25, 0.3) is 11.1 Å². The zero-order valence-electron chi connectivity index (χ0n) is 12.6. The van der Waals surface area contributed by atoms with Crippen molar-refractivity contribution in [3.8, 4) is 11.1 Å². The minimum absolute atomic E-state index is 0.226. The summed E-state index contributed by atoms with van der Waals surface area (Å²) in [4.78, 5) is 0. The molecule has 0 saturated carbocycles. The first kappa shape index (κ1) is 14.1. The molecular weight excluding hydrogens is 244 g/mol. The van der Waals surface area contributed by atoms with E-state index in [0.717, 1.165) is 0 Å². The second-order valence-electron chi connectivity index (χ2n) is 6.40. The van der Waals surface area contributed by atoms with Gasteiger partial charge < -0.3 is 0 Å². The van der Waals surface area contributed by atoms with Gasteiger partial charge in [0.2, 0.25) is 0 Å². The van der Waals surface area contributed by atoms with E-state index >= 15 is 0 Å². The predicted octanol–water partition coefficient (Wildman–Crippen LogP) is 4.61. The molecule has 0 nitrogen and oxygen atoms in total. The van der Waals surface area contributed by atoms with Gasteiger partial charge in [0.15, 0.2) is 0 Å². The SMILES string of the molecule is C[Si](C)c1ccc(-c2ccc(C(C)(C)C)cc2)cc1. The van der Waals surface area contributed by atoms with Crippen LogP contribution in [0, 0.1) is 0 Å². The van der Waals surface area contributed by atoms with Crippen LogP contribution in [0.15, 0.2) is 48.5 Å². The van der Waals surface area contributed by atoms with Crippen molar-refractivity contribution >= 4 is 14.0 Å². The summed E-state index contributed by atoms with van der Waals surface area (Å²) in [7, 11) is -0.336. The molecule has 0 saturated heterocycles. The Morgan fingerprint density at radius 3 is 1.47 bits per heavy atom. The molecule has 1 radical (unpaired) electrons. The maximum absolute atomic E-state index is 2.33. The van der Waals surface area contributed by atoms with Gasteiger partial charge in [-0.05, 0) is 22.1 Å². The van der Waals surface area contributed by atoms with Crippen molar-refractivity contribution in [3.05, 3.63) is 54.1 Å². The molecule has 0 aliphatic rings. The molecule has 0 aromatic heterocycles. The average Bonchev–Trinajstić information content (AvgIpc) is 2.38. The summed E-state index contributed by atoms with van der Waals surface area (Å²) in [6.07, 6.45) is 0. The summed E-state index contributed by atoms with van der Waals surface area (Å²) in [6, 6.07) is 18.0. The highest BCUT2D eigenvalue weighted by molar-refractivity contribution is 6.70. The Morgan fingerprint density at radius 1 is 0.684 bits per heavy atom. The van der Waals surface area contributed by atoms with E-state index in [1.54, 1.807) is 0 Å². The third-order valence-electron chi connectivity index (χ3n) is 3.55. The van der Waals surface area contributed by atoms with Crippen LogP contribution in [0.2, 0.25) is 13.1 Å². The highest BCUT2D eigenvalue weighted by atomic mass is 28.3. The molecule has 0 bridgehead atoms. The fourth-order valence-corrected chi connectivity index (χ4v) is 2.99. The Labute approximate surface area is 119 Å². The van der Waals surface area contributed by atoms with Crippen LogP contribution in [-0.2, 0) is 5.41 Å². The van der Waals surface area contributed by atoms with Gasteiger partial charge in [0.1, 0.15) is 0 Å². The summed E-state index contributed by atoms with van der Waals surface area (Å²) < 4.78 is 0. The Kier molecular flexibility index (Phi) is 3.95. The minimum Gasteiger partial charge on any atom is -0.0671 e. The Morgan fingerprint density at radius 2 is 1.11 bits per heavy atom. The summed E-state index contributed by atoms with van der Waals surface area (Å²) >= 11 is 0. The summed E-state index contributed by atoms with van der Waals surface area (Å²) in [5.74, 6) is 0. The molecule has 0 fully saturated rings. The van der Waals surface area contributed by atoms with Crippen LogP contribution < -0.4 is 5.19 Å². The van der Waals surface area contributed by atoms with Gasteiger partial charge >= 0.3 is 0 Å². The fraction of sp³-hybridized carbons (Fsp3) is 0.333. The topological polar surface area (TPSA) is 0 Å². The van der Waals surface area contributed by atoms with Gasteiger partial charge in [-0.1, -0.05) is 87.6 Å². The maximum Gasteiger partial charge on any atom is 0.0791 e. The van der Waals surface area contributed by atoms with E-state index in [1.807, 2.05) is 0 Å². The quantitative estimate of drug-likeness (QED) is 0.697. The molecule has 1 heteroatoms. The lowest BCUT2D eigenvalue weighted by Crippen LogP contribution is -2.21. The summed E-state index contributed by atoms with van der Waals surface area (Å²) in [5.41, 5.74) is 4.23. The smallest absolute Gasteiger partial charge is 0.0671 e. The van der Waals surface area contributed by atoms with Crippen molar-refractivity contribution in [1.29, 1.82) is 0 Å². The van der Waals surface area contributed by atoms with Gasteiger partial charge in [0, 0.05) is 0 Å². The zero-order valence-corrected chi connectivity index (χ0v) is 13.6. The van der Waals surface area contributed by atoms with E-state index in [9.17, 15) is 0 Å². The first-order chi connectivity index (χ1) is 8.88. The van der Waals surface area contributed by atoms with Crippen LogP contribution in [0.5, 0.6) is 0 Å². The number of hydrogen-bond donors (Lipinski definition) is 0. The molecular formula is C18H23Si. The molecule has 0 spiro atoms. The lowest BCUT2D eigenvalue weighted by atomic mass is 9.86. The third-order valence-corrected chi connectivity index (χ3v) is 5.03. The van der Waals surface area contributed by atoms with Crippen molar-refractivity contribution in [2.24, 2.45) is 0 Å². The van der Waals surface area contributed by atoms with Crippen molar-refractivity contribution in [2.75, 3.05) is 0 Å². The van der Waals surface area contributed by atoms with Crippen LogP contribution in [-0.4, -0.2) is 8.80 Å². The standard InChI is InChI=1S/C18H23Si/c1-18(2,3)16-10-6-14(7-11-16)15-8-12-17(13-9-15)19(4)5/h6-13H,1-5H3. The molecule has 19 heavy (non-hydrogen) atoms. The Hall–Kier alpha value is -1.34. The molecule has 0 heterocycles. The van der Waals surface area contributed by atoms with Crippen molar-refractivity contribution in [3.63, 3.8) is 0 Å². The normalized spacial score (nSPS) is 11.9. The molecule has 0 aliphatic carbocycles. The average molecular weight is 267 g/mol. The molecule has 2 rings (SSSR count). The van der Waals surface area contributed by atoms with Gasteiger partial charge in [-0.25, -0.2) is 0 Å². The third kappa shape index (κ3) is 3.36. The molecule has 0 aliphatic heterocycles. The second kappa shape index (κ2) is 5.34. The molecule has 2 aromatic rings. The van der Waals surface area contributed by atoms with E-state index in [-0.39, 0.29) is 14.2 Å². The van der Waals surface area contributed by atoms with Gasteiger partial charge in [-0.2, -0.15) is 0 Å². The summed E-state index contributed by atoms with van der Waals surface area (Å²) in [5, 5.41) is 1.50. The molecule has 0 atom stereocenters. The van der Waals surface area contributed by atoms with E-state index in [0.29, 0.717) is 0 Å². The Bertz CT molecular complexity index is 527. The van der Waals surface area contributed by atoms with Gasteiger partial charge in [0.05, 0.1) is 8.80 Å². The van der Waals surface area contributed by atoms with Crippen molar-refractivity contribution in [1.82, 2.24) is 0 Å². The maximum atomic E-state index is 2.33. The van der Waals surface area contributed by atoms with Gasteiger partial charge in [-0.15, -0.1) is 0 Å². The molecule has 99 valence electrons. The molecule has 0 N–H and O–H groups in total. The van der Waals surface area contributed by atoms with Crippen LogP contribution in [0.1, 0.15) is 26.3 Å². The lowest BCUT2D eigenvalue weighted by molar-refractivity contribution is 0.590. The second-order valence-corrected chi connectivity index (χ2v) is 8.98. The highest BCUT2D eigenvalue weighted by Gasteiger charge is 2.13. The molecule has 0 unspecified atom stereocenters. The van der Waals surface area contributed by atoms with E-state index in [2.05, 4.69) is 82.4 Å². The van der Waals surface area contributed by atoms with E-state index in [4.69, 9.17) is 0 Å². The van der Waals surface area contributed by atoms with Crippen molar-refractivity contribution < 1.29 is 0 Å². The molecule has 2 aromatic carbocycles. The van der Waals surface area contributed by atoms with Crippen LogP contribution in [0.4, 0.5) is 0 Å². The largest absolute Gasteiger partial charge is 0.0791 e. The minimum atomic E-state index is -0.336. The predicted molar refractivity (Wildman–Crippen MR) is 87.7 cm³/mol. The van der Waals surface area contributed by atoms with Gasteiger partial charge in [-0.3, -0.25) is 0 Å². The zero-order chi connectivity index (χ0) is 14.0. The lowest BCUT2D eigenvalue weighted by Gasteiger charge is -2.19. The first-order valence-electron chi connectivity index (χ1n) is 6.89. The van der Waals surface area contributed by atoms with Crippen LogP contribution in [0.3, 0.4) is 0 Å². The number of benzene rings is 2. The number of rotatable bonds is 2. The molecule has 0 amide bonds.